The van der Waals surface area contributed by atoms with Gasteiger partial charge in [-0.05, 0) is 49.9 Å². The normalized spacial score (nSPS) is 23.7. The molecule has 138 valence electrons. The number of hydrogen-bond donors (Lipinski definition) is 0. The van der Waals surface area contributed by atoms with Crippen molar-refractivity contribution >= 4 is 5.91 Å². The highest BCUT2D eigenvalue weighted by Crippen LogP contribution is 2.32. The number of fused-ring (bicyclic) bond motifs is 1. The average molecular weight is 357 g/mol. The lowest BCUT2D eigenvalue weighted by atomic mass is 9.92. The predicted octanol–water partition coefficient (Wildman–Crippen LogP) is 1.94. The minimum absolute atomic E-state index is 0.0777. The monoisotopic (exact) mass is 357 g/mol. The van der Waals surface area contributed by atoms with Crippen molar-refractivity contribution in [1.29, 1.82) is 0 Å². The fraction of sp³-hybridized carbons (Fsp3) is 0.526. The van der Waals surface area contributed by atoms with Crippen molar-refractivity contribution in [3.05, 3.63) is 47.8 Å². The third kappa shape index (κ3) is 3.49. The van der Waals surface area contributed by atoms with E-state index in [0.717, 1.165) is 45.6 Å². The van der Waals surface area contributed by atoms with Gasteiger partial charge in [0.05, 0.1) is 5.69 Å². The van der Waals surface area contributed by atoms with Gasteiger partial charge in [0.15, 0.2) is 0 Å². The van der Waals surface area contributed by atoms with Gasteiger partial charge >= 0.3 is 0 Å². The number of rotatable bonds is 3. The number of aromatic nitrogens is 3. The molecule has 4 heterocycles. The summed E-state index contributed by atoms with van der Waals surface area (Å²) < 4.78 is 15.2. The van der Waals surface area contributed by atoms with E-state index in [1.54, 1.807) is 6.07 Å². The molecule has 26 heavy (non-hydrogen) atoms. The standard InChI is InChI=1S/C19H24FN5O/c1-23-17(3-7-22-23)13-24-8-4-15-11-25(12-16(15)5-9-24)19(26)14-2-6-21-18(20)10-14/h2-3,6-7,10,15-16H,4-5,8-9,11-13H2,1H3/t15-,16+. The maximum absolute atomic E-state index is 13.3. The molecule has 0 spiro atoms. The van der Waals surface area contributed by atoms with E-state index in [0.29, 0.717) is 17.4 Å². The van der Waals surface area contributed by atoms with Crippen LogP contribution < -0.4 is 0 Å². The Labute approximate surface area is 152 Å². The van der Waals surface area contributed by atoms with Crippen molar-refractivity contribution in [2.24, 2.45) is 18.9 Å². The van der Waals surface area contributed by atoms with Crippen LogP contribution in [0.15, 0.2) is 30.6 Å². The number of carbonyl (C=O) groups is 1. The quantitative estimate of drug-likeness (QED) is 0.788. The number of nitrogens with zero attached hydrogens (tertiary/aromatic N) is 5. The molecule has 2 saturated heterocycles. The van der Waals surface area contributed by atoms with Crippen LogP contribution in [0.4, 0.5) is 4.39 Å². The topological polar surface area (TPSA) is 54.3 Å². The molecule has 0 bridgehead atoms. The van der Waals surface area contributed by atoms with E-state index in [9.17, 15) is 9.18 Å². The number of hydrogen-bond acceptors (Lipinski definition) is 4. The van der Waals surface area contributed by atoms with Crippen molar-refractivity contribution in [1.82, 2.24) is 24.6 Å². The number of amides is 1. The Balaban J connectivity index is 1.36. The zero-order chi connectivity index (χ0) is 18.1. The third-order valence-corrected chi connectivity index (χ3v) is 5.78. The van der Waals surface area contributed by atoms with Crippen LogP contribution in [0.2, 0.25) is 0 Å². The molecule has 0 aliphatic carbocycles. The van der Waals surface area contributed by atoms with Gasteiger partial charge in [-0.1, -0.05) is 0 Å². The van der Waals surface area contributed by atoms with Crippen molar-refractivity contribution < 1.29 is 9.18 Å². The Bertz CT molecular complexity index is 776. The molecule has 0 radical (unpaired) electrons. The Hall–Kier alpha value is -2.28. The van der Waals surface area contributed by atoms with E-state index in [2.05, 4.69) is 21.0 Å². The van der Waals surface area contributed by atoms with Gasteiger partial charge in [0.25, 0.3) is 5.91 Å². The summed E-state index contributed by atoms with van der Waals surface area (Å²) in [6.45, 7) is 4.55. The smallest absolute Gasteiger partial charge is 0.254 e. The molecule has 2 atom stereocenters. The molecular formula is C19H24FN5O. The van der Waals surface area contributed by atoms with E-state index in [1.807, 2.05) is 22.8 Å². The zero-order valence-electron chi connectivity index (χ0n) is 15.0. The van der Waals surface area contributed by atoms with Gasteiger partial charge in [0, 0.05) is 50.7 Å². The highest BCUT2D eigenvalue weighted by Gasteiger charge is 2.37. The molecule has 0 saturated carbocycles. The number of halogens is 1. The van der Waals surface area contributed by atoms with Gasteiger partial charge in [-0.3, -0.25) is 14.4 Å². The number of likely N-dealkylation sites (tertiary alicyclic amines) is 2. The second-order valence-electron chi connectivity index (χ2n) is 7.40. The highest BCUT2D eigenvalue weighted by atomic mass is 19.1. The number of carbonyl (C=O) groups excluding carboxylic acids is 1. The van der Waals surface area contributed by atoms with Crippen LogP contribution >= 0.6 is 0 Å². The summed E-state index contributed by atoms with van der Waals surface area (Å²) in [5, 5.41) is 4.24. The second-order valence-corrected chi connectivity index (χ2v) is 7.40. The molecule has 0 aromatic carbocycles. The van der Waals surface area contributed by atoms with E-state index in [4.69, 9.17) is 0 Å². The van der Waals surface area contributed by atoms with Crippen LogP contribution in [0.25, 0.3) is 0 Å². The average Bonchev–Trinajstić information content (AvgIpc) is 3.18. The Morgan fingerprint density at radius 2 is 1.92 bits per heavy atom. The summed E-state index contributed by atoms with van der Waals surface area (Å²) >= 11 is 0. The second kappa shape index (κ2) is 7.15. The predicted molar refractivity (Wildman–Crippen MR) is 94.8 cm³/mol. The Morgan fingerprint density at radius 3 is 2.54 bits per heavy atom. The van der Waals surface area contributed by atoms with E-state index in [-0.39, 0.29) is 5.91 Å². The molecule has 4 rings (SSSR count). The largest absolute Gasteiger partial charge is 0.338 e. The van der Waals surface area contributed by atoms with Crippen molar-refractivity contribution in [2.75, 3.05) is 26.2 Å². The van der Waals surface area contributed by atoms with Crippen LogP contribution in [0.3, 0.4) is 0 Å². The third-order valence-electron chi connectivity index (χ3n) is 5.78. The molecule has 0 N–H and O–H groups in total. The minimum Gasteiger partial charge on any atom is -0.338 e. The lowest BCUT2D eigenvalue weighted by molar-refractivity contribution is 0.0779. The van der Waals surface area contributed by atoms with Gasteiger partial charge in [-0.2, -0.15) is 9.49 Å². The molecule has 2 aromatic heterocycles. The first-order valence-corrected chi connectivity index (χ1v) is 9.20. The van der Waals surface area contributed by atoms with E-state index < -0.39 is 5.95 Å². The SMILES string of the molecule is Cn1nccc1CN1CC[C@@H]2CN(C(=O)c3ccnc(F)c3)C[C@@H]2CC1. The minimum atomic E-state index is -0.602. The summed E-state index contributed by atoms with van der Waals surface area (Å²) in [6, 6.07) is 4.89. The van der Waals surface area contributed by atoms with Gasteiger partial charge in [0.1, 0.15) is 0 Å². The molecular weight excluding hydrogens is 333 g/mol. The molecule has 1 amide bonds. The fourth-order valence-corrected chi connectivity index (χ4v) is 4.23. The molecule has 2 fully saturated rings. The van der Waals surface area contributed by atoms with Crippen LogP contribution in [0, 0.1) is 17.8 Å². The van der Waals surface area contributed by atoms with Gasteiger partial charge in [0.2, 0.25) is 5.95 Å². The number of aryl methyl sites for hydroxylation is 1. The zero-order valence-corrected chi connectivity index (χ0v) is 15.0. The molecule has 7 heteroatoms. The summed E-state index contributed by atoms with van der Waals surface area (Å²) in [7, 11) is 1.98. The maximum atomic E-state index is 13.3. The maximum Gasteiger partial charge on any atom is 0.254 e. The summed E-state index contributed by atoms with van der Waals surface area (Å²) in [6.07, 6.45) is 5.38. The summed E-state index contributed by atoms with van der Waals surface area (Å²) in [5.41, 5.74) is 1.63. The van der Waals surface area contributed by atoms with E-state index in [1.165, 1.54) is 18.0 Å². The first-order valence-electron chi connectivity index (χ1n) is 9.20. The van der Waals surface area contributed by atoms with Crippen molar-refractivity contribution in [2.45, 2.75) is 19.4 Å². The first kappa shape index (κ1) is 17.1. The highest BCUT2D eigenvalue weighted by molar-refractivity contribution is 5.94. The summed E-state index contributed by atoms with van der Waals surface area (Å²) in [4.78, 5) is 20.6. The van der Waals surface area contributed by atoms with Crippen LogP contribution in [0.1, 0.15) is 28.9 Å². The Morgan fingerprint density at radius 1 is 1.19 bits per heavy atom. The lowest BCUT2D eigenvalue weighted by Crippen LogP contribution is -2.31. The van der Waals surface area contributed by atoms with E-state index >= 15 is 0 Å². The van der Waals surface area contributed by atoms with Crippen LogP contribution in [-0.4, -0.2) is 56.7 Å². The molecule has 2 aromatic rings. The molecule has 2 aliphatic rings. The first-order chi connectivity index (χ1) is 12.6. The number of pyridine rings is 1. The fourth-order valence-electron chi connectivity index (χ4n) is 4.23. The molecule has 2 aliphatic heterocycles. The summed E-state index contributed by atoms with van der Waals surface area (Å²) in [5.74, 6) is 0.380. The van der Waals surface area contributed by atoms with Crippen LogP contribution in [-0.2, 0) is 13.6 Å². The molecule has 0 unspecified atom stereocenters. The van der Waals surface area contributed by atoms with Gasteiger partial charge in [-0.25, -0.2) is 4.98 Å². The van der Waals surface area contributed by atoms with Crippen LogP contribution in [0.5, 0.6) is 0 Å². The lowest BCUT2D eigenvalue weighted by Gasteiger charge is -2.22. The Kier molecular flexibility index (Phi) is 4.72. The van der Waals surface area contributed by atoms with Crippen molar-refractivity contribution in [3.8, 4) is 0 Å². The van der Waals surface area contributed by atoms with Gasteiger partial charge in [-0.15, -0.1) is 0 Å². The van der Waals surface area contributed by atoms with Gasteiger partial charge < -0.3 is 4.90 Å². The van der Waals surface area contributed by atoms with Crippen molar-refractivity contribution in [3.63, 3.8) is 0 Å². The molecule has 6 nitrogen and oxygen atoms in total.